The average molecular weight is 569 g/mol. The summed E-state index contributed by atoms with van der Waals surface area (Å²) in [6.45, 7) is 8.55. The Morgan fingerprint density at radius 1 is 1.10 bits per heavy atom. The number of amides is 1. The highest BCUT2D eigenvalue weighted by Gasteiger charge is 2.21. The Labute approximate surface area is 241 Å². The molecule has 0 saturated carbocycles. The van der Waals surface area contributed by atoms with Crippen molar-refractivity contribution in [3.8, 4) is 28.5 Å². The molecule has 3 aromatic carbocycles. The first kappa shape index (κ1) is 28.3. The lowest BCUT2D eigenvalue weighted by molar-refractivity contribution is -0.134. The molecule has 1 N–H and O–H groups in total. The van der Waals surface area contributed by atoms with Crippen molar-refractivity contribution < 1.29 is 23.2 Å². The highest BCUT2D eigenvalue weighted by atomic mass is 19.1. The van der Waals surface area contributed by atoms with Crippen LogP contribution in [0.3, 0.4) is 0 Å². The summed E-state index contributed by atoms with van der Waals surface area (Å²) in [5.74, 6) is -0.832. The maximum Gasteiger partial charge on any atom is 0.295 e. The van der Waals surface area contributed by atoms with E-state index in [1.165, 1.54) is 23.0 Å². The highest BCUT2D eigenvalue weighted by molar-refractivity contribution is 5.92. The van der Waals surface area contributed by atoms with Gasteiger partial charge >= 0.3 is 0 Å². The van der Waals surface area contributed by atoms with E-state index in [0.717, 1.165) is 22.4 Å². The zero-order valence-electron chi connectivity index (χ0n) is 23.5. The summed E-state index contributed by atoms with van der Waals surface area (Å²) in [6.07, 6.45) is 0.406. The van der Waals surface area contributed by atoms with Crippen LogP contribution in [-0.2, 0) is 21.4 Å². The maximum atomic E-state index is 15.1. The second-order valence-corrected chi connectivity index (χ2v) is 10.8. The molecule has 5 rings (SSSR count). The molecule has 0 aliphatic carbocycles. The topological polar surface area (TPSA) is 125 Å². The van der Waals surface area contributed by atoms with Crippen molar-refractivity contribution in [2.75, 3.05) is 0 Å². The first-order chi connectivity index (χ1) is 20.1. The van der Waals surface area contributed by atoms with Gasteiger partial charge in [0.25, 0.3) is 18.3 Å². The van der Waals surface area contributed by atoms with Gasteiger partial charge in [-0.05, 0) is 59.9 Å². The molecular formula is C31H29FN6O4. The number of hydrogen-bond donors (Lipinski definition) is 1. The van der Waals surface area contributed by atoms with Crippen LogP contribution in [0.4, 0.5) is 4.39 Å². The summed E-state index contributed by atoms with van der Waals surface area (Å²) in [5, 5.41) is 14.5. The molecule has 5 aromatic rings. The molecule has 0 radical (unpaired) electrons. The van der Waals surface area contributed by atoms with Crippen molar-refractivity contribution in [1.29, 1.82) is 0 Å². The van der Waals surface area contributed by atoms with Crippen LogP contribution in [0.5, 0.6) is 0 Å². The Kier molecular flexibility index (Phi) is 7.92. The normalized spacial score (nSPS) is 12.1. The number of rotatable bonds is 9. The first-order valence-electron chi connectivity index (χ1n) is 13.2. The molecule has 0 bridgehead atoms. The fourth-order valence-corrected chi connectivity index (χ4v) is 4.26. The molecule has 10 nitrogen and oxygen atoms in total. The van der Waals surface area contributed by atoms with Crippen molar-refractivity contribution in [2.24, 2.45) is 0 Å². The molecule has 0 aliphatic heterocycles. The van der Waals surface area contributed by atoms with E-state index in [-0.39, 0.29) is 41.3 Å². The van der Waals surface area contributed by atoms with Crippen molar-refractivity contribution in [3.63, 3.8) is 0 Å². The molecule has 0 saturated heterocycles. The molecule has 11 heteroatoms. The van der Waals surface area contributed by atoms with Gasteiger partial charge in [-0.3, -0.25) is 9.59 Å². The monoisotopic (exact) mass is 568 g/mol. The van der Waals surface area contributed by atoms with Gasteiger partial charge in [0.15, 0.2) is 11.9 Å². The van der Waals surface area contributed by atoms with E-state index >= 15 is 4.39 Å². The largest absolute Gasteiger partial charge is 0.444 e. The number of hydrogen-bond acceptors (Lipinski definition) is 8. The molecule has 2 aromatic heterocycles. The quantitative estimate of drug-likeness (QED) is 0.190. The predicted molar refractivity (Wildman–Crippen MR) is 152 cm³/mol. The number of carbonyl (C=O) groups is 2. The lowest BCUT2D eigenvalue weighted by Crippen LogP contribution is -2.38. The van der Waals surface area contributed by atoms with Crippen LogP contribution in [-0.4, -0.2) is 43.7 Å². The van der Waals surface area contributed by atoms with E-state index < -0.39 is 18.0 Å². The molecule has 42 heavy (non-hydrogen) atoms. The minimum atomic E-state index is -1.07. The molecule has 0 fully saturated rings. The molecule has 0 aliphatic rings. The Bertz CT molecular complexity index is 1700. The fourth-order valence-electron chi connectivity index (χ4n) is 4.26. The van der Waals surface area contributed by atoms with Gasteiger partial charge < -0.3 is 14.6 Å². The predicted octanol–water partition coefficient (Wildman–Crippen LogP) is 5.20. The maximum absolute atomic E-state index is 15.1. The Morgan fingerprint density at radius 2 is 1.83 bits per heavy atom. The van der Waals surface area contributed by atoms with Crippen LogP contribution in [0, 0.1) is 12.7 Å². The van der Waals surface area contributed by atoms with Crippen molar-refractivity contribution in [3.05, 3.63) is 101 Å². The van der Waals surface area contributed by atoms with Gasteiger partial charge in [-0.2, -0.15) is 4.98 Å². The molecule has 1 atom stereocenters. The Balaban J connectivity index is 1.26. The average Bonchev–Trinajstić information content (AvgIpc) is 3.64. The molecule has 2 heterocycles. The van der Waals surface area contributed by atoms with Gasteiger partial charge in [-0.15, -0.1) is 5.10 Å². The van der Waals surface area contributed by atoms with Crippen molar-refractivity contribution in [2.45, 2.75) is 45.8 Å². The van der Waals surface area contributed by atoms with E-state index in [9.17, 15) is 9.59 Å². The van der Waals surface area contributed by atoms with E-state index in [1.54, 1.807) is 6.07 Å². The highest BCUT2D eigenvalue weighted by Crippen LogP contribution is 2.26. The van der Waals surface area contributed by atoms with Crippen LogP contribution in [0.1, 0.15) is 48.0 Å². The minimum Gasteiger partial charge on any atom is -0.444 e. The number of nitrogens with one attached hydrogen (secondary N) is 1. The van der Waals surface area contributed by atoms with Gasteiger partial charge in [0, 0.05) is 12.0 Å². The van der Waals surface area contributed by atoms with Crippen LogP contribution in [0.15, 0.2) is 77.4 Å². The van der Waals surface area contributed by atoms with Gasteiger partial charge in [0.1, 0.15) is 5.82 Å². The zero-order valence-corrected chi connectivity index (χ0v) is 23.5. The number of halogens is 1. The minimum absolute atomic E-state index is 0.00101. The zero-order chi connectivity index (χ0) is 29.9. The van der Waals surface area contributed by atoms with Gasteiger partial charge in [-0.25, -0.2) is 9.07 Å². The third kappa shape index (κ3) is 6.41. The Hall–Kier alpha value is -5.19. The molecular weight excluding hydrogens is 539 g/mol. The van der Waals surface area contributed by atoms with Gasteiger partial charge in [0.05, 0.1) is 17.4 Å². The summed E-state index contributed by atoms with van der Waals surface area (Å²) in [4.78, 5) is 28.3. The lowest BCUT2D eigenvalue weighted by Gasteiger charge is -2.19. The molecule has 0 spiro atoms. The number of aromatic nitrogens is 5. The summed E-state index contributed by atoms with van der Waals surface area (Å²) in [5.41, 5.74) is 4.34. The van der Waals surface area contributed by atoms with Gasteiger partial charge in [-0.1, -0.05) is 67.0 Å². The van der Waals surface area contributed by atoms with E-state index in [0.29, 0.717) is 5.56 Å². The number of ether oxygens (including phenoxy) is 1. The smallest absolute Gasteiger partial charge is 0.295 e. The summed E-state index contributed by atoms with van der Waals surface area (Å²) in [7, 11) is 0. The summed E-state index contributed by atoms with van der Waals surface area (Å²) < 4.78 is 26.9. The van der Waals surface area contributed by atoms with E-state index in [4.69, 9.17) is 9.26 Å². The van der Waals surface area contributed by atoms with Crippen LogP contribution in [0.25, 0.3) is 28.5 Å². The van der Waals surface area contributed by atoms with Crippen LogP contribution < -0.4 is 5.32 Å². The van der Waals surface area contributed by atoms with Crippen LogP contribution in [0.2, 0.25) is 0 Å². The first-order valence-corrected chi connectivity index (χ1v) is 13.2. The third-order valence-corrected chi connectivity index (χ3v) is 6.66. The molecule has 0 unspecified atom stereocenters. The standard InChI is InChI=1S/C31H29FN6O4/c1-19-5-8-21(9-6-19)30-34-28(36-42-30)24-14-7-20(15-25(24)32)16-27(41-18-39)33-29(40)26-17-38(37-35-26)23-12-10-22(11-13-23)31(2,3)4/h5-15,17-18,27H,16H2,1-4H3,(H,33,40)/t27-/m1/s1. The third-order valence-electron chi connectivity index (χ3n) is 6.66. The fraction of sp³-hybridized carbons (Fsp3) is 0.226. The van der Waals surface area contributed by atoms with E-state index in [1.807, 2.05) is 55.5 Å². The Morgan fingerprint density at radius 3 is 2.50 bits per heavy atom. The van der Waals surface area contributed by atoms with Crippen molar-refractivity contribution >= 4 is 12.4 Å². The molecule has 214 valence electrons. The van der Waals surface area contributed by atoms with Gasteiger partial charge in [0.2, 0.25) is 5.82 Å². The summed E-state index contributed by atoms with van der Waals surface area (Å²) in [6, 6.07) is 19.7. The second-order valence-electron chi connectivity index (χ2n) is 10.8. The number of aryl methyl sites for hydroxylation is 1. The SMILES string of the molecule is Cc1ccc(-c2nc(-c3ccc(C[C@H](NC(=O)c4cn(-c5ccc(C(C)(C)C)cc5)nn4)OC=O)cc3F)no2)cc1. The number of carbonyl (C=O) groups excluding carboxylic acids is 2. The summed E-state index contributed by atoms with van der Waals surface area (Å²) >= 11 is 0. The second kappa shape index (κ2) is 11.7. The van der Waals surface area contributed by atoms with E-state index in [2.05, 4.69) is 46.5 Å². The lowest BCUT2D eigenvalue weighted by atomic mass is 9.87. The number of nitrogens with zero attached hydrogens (tertiary/aromatic N) is 5. The number of benzene rings is 3. The van der Waals surface area contributed by atoms with Crippen LogP contribution >= 0.6 is 0 Å². The molecule has 1 amide bonds. The van der Waals surface area contributed by atoms with Crippen molar-refractivity contribution in [1.82, 2.24) is 30.5 Å².